The van der Waals surface area contributed by atoms with Crippen LogP contribution in [0.5, 0.6) is 0 Å². The van der Waals surface area contributed by atoms with Gasteiger partial charge in [0.1, 0.15) is 11.2 Å². The van der Waals surface area contributed by atoms with Gasteiger partial charge in [0, 0.05) is 23.8 Å². The van der Waals surface area contributed by atoms with Crippen molar-refractivity contribution in [1.82, 2.24) is 4.90 Å². The minimum absolute atomic E-state index is 0.0605. The van der Waals surface area contributed by atoms with Crippen LogP contribution >= 0.6 is 11.8 Å². The summed E-state index contributed by atoms with van der Waals surface area (Å²) in [7, 11) is 0. The van der Waals surface area contributed by atoms with Gasteiger partial charge in [0.05, 0.1) is 0 Å². The van der Waals surface area contributed by atoms with Crippen LogP contribution in [0.1, 0.15) is 28.8 Å². The third-order valence-corrected chi connectivity index (χ3v) is 5.92. The molecule has 1 heterocycles. The van der Waals surface area contributed by atoms with E-state index in [1.54, 1.807) is 23.9 Å². The zero-order valence-electron chi connectivity index (χ0n) is 12.7. The third kappa shape index (κ3) is 2.76. The average molecular weight is 327 g/mol. The highest BCUT2D eigenvalue weighted by molar-refractivity contribution is 7.99. The lowest BCUT2D eigenvalue weighted by Gasteiger charge is -2.24. The molecule has 4 rings (SSSR count). The van der Waals surface area contributed by atoms with Crippen molar-refractivity contribution < 1.29 is 9.18 Å². The van der Waals surface area contributed by atoms with E-state index in [0.29, 0.717) is 18.0 Å². The Hall–Kier alpha value is -1.81. The number of halogens is 1. The van der Waals surface area contributed by atoms with Crippen LogP contribution in [0.2, 0.25) is 0 Å². The lowest BCUT2D eigenvalue weighted by atomic mass is 10.1. The van der Waals surface area contributed by atoms with Gasteiger partial charge in [-0.2, -0.15) is 0 Å². The van der Waals surface area contributed by atoms with Gasteiger partial charge < -0.3 is 4.90 Å². The zero-order chi connectivity index (χ0) is 15.8. The molecule has 2 aliphatic rings. The summed E-state index contributed by atoms with van der Waals surface area (Å²) in [5.74, 6) is 1.21. The fourth-order valence-corrected chi connectivity index (χ4v) is 4.66. The lowest BCUT2D eigenvalue weighted by Crippen LogP contribution is -2.32. The van der Waals surface area contributed by atoms with E-state index in [0.717, 1.165) is 12.2 Å². The summed E-state index contributed by atoms with van der Waals surface area (Å²) in [5, 5.41) is -0.180. The van der Waals surface area contributed by atoms with Crippen LogP contribution in [0.4, 0.5) is 4.39 Å². The van der Waals surface area contributed by atoms with Crippen molar-refractivity contribution in [2.45, 2.75) is 17.7 Å². The third-order valence-electron chi connectivity index (χ3n) is 4.68. The minimum Gasteiger partial charge on any atom is -0.325 e. The molecule has 23 heavy (non-hydrogen) atoms. The summed E-state index contributed by atoms with van der Waals surface area (Å²) < 4.78 is 14.1. The van der Waals surface area contributed by atoms with E-state index >= 15 is 0 Å². The van der Waals surface area contributed by atoms with E-state index < -0.39 is 0 Å². The molecule has 0 bridgehead atoms. The molecule has 3 unspecified atom stereocenters. The summed E-state index contributed by atoms with van der Waals surface area (Å²) in [4.78, 5) is 14.7. The van der Waals surface area contributed by atoms with Gasteiger partial charge in [0.25, 0.3) is 0 Å². The second-order valence-electron chi connectivity index (χ2n) is 6.14. The molecule has 0 aromatic heterocycles. The first-order valence-corrected chi connectivity index (χ1v) is 9.02. The number of carbonyl (C=O) groups is 1. The maximum atomic E-state index is 14.1. The van der Waals surface area contributed by atoms with Crippen LogP contribution < -0.4 is 0 Å². The van der Waals surface area contributed by atoms with Crippen molar-refractivity contribution in [3.8, 4) is 0 Å². The van der Waals surface area contributed by atoms with E-state index in [4.69, 9.17) is 0 Å². The molecule has 0 radical (unpaired) electrons. The Kier molecular flexibility index (Phi) is 3.85. The first kappa shape index (κ1) is 14.8. The van der Waals surface area contributed by atoms with Crippen LogP contribution in [0.3, 0.4) is 0 Å². The Morgan fingerprint density at radius 2 is 1.83 bits per heavy atom. The summed E-state index contributed by atoms with van der Waals surface area (Å²) >= 11 is 1.65. The van der Waals surface area contributed by atoms with Crippen LogP contribution in [-0.2, 0) is 4.79 Å². The molecule has 2 aromatic carbocycles. The molecule has 0 N–H and O–H groups in total. The molecular formula is C19H18FNOS. The van der Waals surface area contributed by atoms with Crippen molar-refractivity contribution in [2.24, 2.45) is 5.92 Å². The monoisotopic (exact) mass is 327 g/mol. The topological polar surface area (TPSA) is 20.3 Å². The first-order chi connectivity index (χ1) is 11.3. The first-order valence-electron chi connectivity index (χ1n) is 7.97. The van der Waals surface area contributed by atoms with Crippen LogP contribution in [0.15, 0.2) is 54.6 Å². The fraction of sp³-hybridized carbons (Fsp3) is 0.316. The van der Waals surface area contributed by atoms with Gasteiger partial charge in [0.15, 0.2) is 0 Å². The Morgan fingerprint density at radius 1 is 1.09 bits per heavy atom. The van der Waals surface area contributed by atoms with E-state index in [1.807, 2.05) is 29.2 Å². The molecule has 0 spiro atoms. The molecule has 2 aromatic rings. The quantitative estimate of drug-likeness (QED) is 0.842. The molecule has 1 aliphatic heterocycles. The summed E-state index contributed by atoms with van der Waals surface area (Å²) in [5.41, 5.74) is 1.86. The molecule has 1 amide bonds. The van der Waals surface area contributed by atoms with Crippen molar-refractivity contribution >= 4 is 17.7 Å². The molecule has 1 saturated heterocycles. The number of rotatable bonds is 3. The number of thioether (sulfide) groups is 1. The van der Waals surface area contributed by atoms with Crippen molar-refractivity contribution in [1.29, 1.82) is 0 Å². The maximum absolute atomic E-state index is 14.1. The van der Waals surface area contributed by atoms with Gasteiger partial charge in [-0.15, -0.1) is 11.8 Å². The molecule has 118 valence electrons. The summed E-state index contributed by atoms with van der Waals surface area (Å²) in [6.45, 7) is 0.709. The molecule has 2 nitrogen and oxygen atoms in total. The van der Waals surface area contributed by atoms with Crippen LogP contribution in [-0.4, -0.2) is 23.1 Å². The minimum atomic E-state index is -0.222. The number of benzene rings is 2. The van der Waals surface area contributed by atoms with Gasteiger partial charge in [-0.25, -0.2) is 4.39 Å². The fourth-order valence-electron chi connectivity index (χ4n) is 3.38. The predicted octanol–water partition coefficient (Wildman–Crippen LogP) is 4.20. The van der Waals surface area contributed by atoms with Gasteiger partial charge >= 0.3 is 0 Å². The second kappa shape index (κ2) is 6.00. The molecule has 1 aliphatic carbocycles. The highest BCUT2D eigenvalue weighted by Gasteiger charge is 2.48. The Morgan fingerprint density at radius 3 is 2.61 bits per heavy atom. The average Bonchev–Trinajstić information content (AvgIpc) is 3.25. The molecule has 2 fully saturated rings. The number of amides is 1. The van der Waals surface area contributed by atoms with E-state index in [1.165, 1.54) is 11.6 Å². The largest absolute Gasteiger partial charge is 0.325 e. The van der Waals surface area contributed by atoms with Crippen molar-refractivity contribution in [3.63, 3.8) is 0 Å². The summed E-state index contributed by atoms with van der Waals surface area (Å²) in [6.07, 6.45) is 0.911. The lowest BCUT2D eigenvalue weighted by molar-refractivity contribution is -0.132. The van der Waals surface area contributed by atoms with Gasteiger partial charge in [0.2, 0.25) is 5.91 Å². The number of hydrogen-bond acceptors (Lipinski definition) is 2. The zero-order valence-corrected chi connectivity index (χ0v) is 13.5. The summed E-state index contributed by atoms with van der Waals surface area (Å²) in [6, 6.07) is 17.0. The Bertz CT molecular complexity index is 720. The smallest absolute Gasteiger partial charge is 0.227 e. The standard InChI is InChI=1S/C19H18FNOS/c20-17-9-5-4-8-14(17)19-21(10-11-23-19)18(22)16-12-15(16)13-6-2-1-3-7-13/h1-9,15-16,19H,10-12H2. The van der Waals surface area contributed by atoms with Gasteiger partial charge in [-0.1, -0.05) is 48.5 Å². The van der Waals surface area contributed by atoms with E-state index in [2.05, 4.69) is 12.1 Å². The van der Waals surface area contributed by atoms with Crippen LogP contribution in [0, 0.1) is 11.7 Å². The predicted molar refractivity (Wildman–Crippen MR) is 90.6 cm³/mol. The maximum Gasteiger partial charge on any atom is 0.227 e. The SMILES string of the molecule is O=C(C1CC1c1ccccc1)N1CCSC1c1ccccc1F. The highest BCUT2D eigenvalue weighted by Crippen LogP contribution is 2.51. The molecule has 4 heteroatoms. The highest BCUT2D eigenvalue weighted by atomic mass is 32.2. The Labute approximate surface area is 139 Å². The van der Waals surface area contributed by atoms with Gasteiger partial charge in [-0.3, -0.25) is 4.79 Å². The van der Waals surface area contributed by atoms with Crippen molar-refractivity contribution in [3.05, 3.63) is 71.5 Å². The Balaban J connectivity index is 1.52. The normalized spacial score (nSPS) is 26.3. The van der Waals surface area contributed by atoms with E-state index in [-0.39, 0.29) is 23.0 Å². The molecule has 1 saturated carbocycles. The van der Waals surface area contributed by atoms with Crippen LogP contribution in [0.25, 0.3) is 0 Å². The van der Waals surface area contributed by atoms with E-state index in [9.17, 15) is 9.18 Å². The van der Waals surface area contributed by atoms with Crippen molar-refractivity contribution in [2.75, 3.05) is 12.3 Å². The number of hydrogen-bond donors (Lipinski definition) is 0. The molecular weight excluding hydrogens is 309 g/mol. The second-order valence-corrected chi connectivity index (χ2v) is 7.32. The number of nitrogens with zero attached hydrogens (tertiary/aromatic N) is 1. The number of carbonyl (C=O) groups excluding carboxylic acids is 1. The van der Waals surface area contributed by atoms with Gasteiger partial charge in [-0.05, 0) is 24.0 Å². The molecule has 3 atom stereocenters.